The maximum absolute atomic E-state index is 12.2. The van der Waals surface area contributed by atoms with E-state index in [2.05, 4.69) is 0 Å². The summed E-state index contributed by atoms with van der Waals surface area (Å²) < 4.78 is 41.8. The van der Waals surface area contributed by atoms with Gasteiger partial charge in [0.15, 0.2) is 0 Å². The number of carbonyl (C=O) groups excluding carboxylic acids is 1. The molecule has 1 unspecified atom stereocenters. The minimum absolute atomic E-state index is 0.354. The number of fused-ring (bicyclic) bond motifs is 1. The molecule has 0 fully saturated rings. The largest absolute Gasteiger partial charge is 0.450 e. The Morgan fingerprint density at radius 1 is 1.35 bits per heavy atom. The molecule has 0 radical (unpaired) electrons. The van der Waals surface area contributed by atoms with Crippen LogP contribution in [0.25, 0.3) is 0 Å². The molecule has 1 aliphatic heterocycles. The molecule has 0 saturated heterocycles. The molecule has 0 aliphatic carbocycles. The second kappa shape index (κ2) is 4.49. The van der Waals surface area contributed by atoms with Crippen LogP contribution in [0.4, 0.5) is 13.2 Å². The van der Waals surface area contributed by atoms with Crippen LogP contribution >= 0.6 is 0 Å². The fourth-order valence-corrected chi connectivity index (χ4v) is 1.93. The van der Waals surface area contributed by atoms with Crippen molar-refractivity contribution >= 4 is 5.78 Å². The van der Waals surface area contributed by atoms with Crippen LogP contribution in [-0.2, 0) is 16.0 Å². The number of rotatable bonds is 2. The second-order valence-electron chi connectivity index (χ2n) is 3.93. The number of hydrogen-bond acceptors (Lipinski definition) is 2. The number of benzene rings is 1. The number of ketones is 1. The zero-order valence-corrected chi connectivity index (χ0v) is 8.96. The highest BCUT2D eigenvalue weighted by molar-refractivity contribution is 5.84. The lowest BCUT2D eigenvalue weighted by atomic mass is 9.94. The van der Waals surface area contributed by atoms with E-state index in [9.17, 15) is 18.0 Å². The number of ether oxygens (including phenoxy) is 1. The monoisotopic (exact) mass is 244 g/mol. The van der Waals surface area contributed by atoms with Crippen LogP contribution in [0.3, 0.4) is 0 Å². The van der Waals surface area contributed by atoms with E-state index in [1.54, 1.807) is 12.1 Å². The molecular formula is C12H11F3O2. The van der Waals surface area contributed by atoms with Gasteiger partial charge in [0.05, 0.1) is 12.7 Å². The van der Waals surface area contributed by atoms with E-state index >= 15 is 0 Å². The van der Waals surface area contributed by atoms with E-state index in [4.69, 9.17) is 4.74 Å². The van der Waals surface area contributed by atoms with Crippen molar-refractivity contribution in [3.8, 4) is 0 Å². The summed E-state index contributed by atoms with van der Waals surface area (Å²) in [5.74, 6) is -1.74. The summed E-state index contributed by atoms with van der Waals surface area (Å²) in [6, 6.07) is 7.12. The molecule has 2 rings (SSSR count). The van der Waals surface area contributed by atoms with Crippen molar-refractivity contribution in [1.82, 2.24) is 0 Å². The first-order valence-corrected chi connectivity index (χ1v) is 5.28. The number of Topliss-reactive ketones (excluding diaryl/α,β-unsaturated/α-hetero) is 1. The van der Waals surface area contributed by atoms with Gasteiger partial charge in [0.25, 0.3) is 0 Å². The Bertz CT molecular complexity index is 426. The minimum atomic E-state index is -4.78. The van der Waals surface area contributed by atoms with Gasteiger partial charge in [-0.05, 0) is 17.5 Å². The summed E-state index contributed by atoms with van der Waals surface area (Å²) in [5, 5.41) is 0. The number of alkyl halides is 3. The van der Waals surface area contributed by atoms with E-state index in [1.807, 2.05) is 12.1 Å². The summed E-state index contributed by atoms with van der Waals surface area (Å²) in [6.45, 7) is 0.354. The molecule has 0 spiro atoms. The molecule has 5 heteroatoms. The summed E-state index contributed by atoms with van der Waals surface area (Å²) in [7, 11) is 0. The molecule has 0 saturated carbocycles. The quantitative estimate of drug-likeness (QED) is 0.799. The van der Waals surface area contributed by atoms with Crippen molar-refractivity contribution in [2.75, 3.05) is 6.61 Å². The molecule has 0 bridgehead atoms. The van der Waals surface area contributed by atoms with Crippen LogP contribution < -0.4 is 0 Å². The average Bonchev–Trinajstić information content (AvgIpc) is 2.28. The van der Waals surface area contributed by atoms with E-state index in [-0.39, 0.29) is 0 Å². The normalized spacial score (nSPS) is 19.8. The van der Waals surface area contributed by atoms with Gasteiger partial charge in [-0.15, -0.1) is 0 Å². The van der Waals surface area contributed by atoms with Gasteiger partial charge >= 0.3 is 6.18 Å². The van der Waals surface area contributed by atoms with Crippen LogP contribution in [0, 0.1) is 0 Å². The Morgan fingerprint density at radius 3 is 2.76 bits per heavy atom. The highest BCUT2D eigenvalue weighted by Crippen LogP contribution is 2.32. The highest BCUT2D eigenvalue weighted by Gasteiger charge is 2.40. The minimum Gasteiger partial charge on any atom is -0.373 e. The third-order valence-electron chi connectivity index (χ3n) is 2.78. The van der Waals surface area contributed by atoms with Gasteiger partial charge < -0.3 is 4.74 Å². The van der Waals surface area contributed by atoms with Crippen molar-refractivity contribution in [3.05, 3.63) is 35.4 Å². The fraction of sp³-hybridized carbons (Fsp3) is 0.417. The first-order valence-electron chi connectivity index (χ1n) is 5.28. The maximum atomic E-state index is 12.2. The van der Waals surface area contributed by atoms with Crippen molar-refractivity contribution in [1.29, 1.82) is 0 Å². The van der Waals surface area contributed by atoms with Crippen molar-refractivity contribution in [3.63, 3.8) is 0 Å². The third-order valence-corrected chi connectivity index (χ3v) is 2.78. The first-order chi connectivity index (χ1) is 7.98. The number of halogens is 3. The average molecular weight is 244 g/mol. The zero-order valence-electron chi connectivity index (χ0n) is 8.96. The predicted octanol–water partition coefficient (Wildman–Crippen LogP) is 2.82. The molecule has 0 amide bonds. The Morgan fingerprint density at radius 2 is 2.06 bits per heavy atom. The van der Waals surface area contributed by atoms with Crippen LogP contribution in [0.15, 0.2) is 24.3 Å². The molecule has 0 aromatic heterocycles. The van der Waals surface area contributed by atoms with Gasteiger partial charge in [0.1, 0.15) is 0 Å². The zero-order chi connectivity index (χ0) is 12.5. The highest BCUT2D eigenvalue weighted by atomic mass is 19.4. The van der Waals surface area contributed by atoms with Gasteiger partial charge in [0, 0.05) is 6.42 Å². The molecule has 92 valence electrons. The standard InChI is InChI=1S/C12H11F3O2/c13-12(14,15)11(16)7-10-9-4-2-1-3-8(9)5-6-17-10/h1-4,10H,5-7H2. The smallest absolute Gasteiger partial charge is 0.373 e. The van der Waals surface area contributed by atoms with Crippen molar-refractivity contribution in [2.45, 2.75) is 25.1 Å². The topological polar surface area (TPSA) is 26.3 Å². The van der Waals surface area contributed by atoms with Crippen molar-refractivity contribution < 1.29 is 22.7 Å². The van der Waals surface area contributed by atoms with Crippen LogP contribution in [0.1, 0.15) is 23.7 Å². The van der Waals surface area contributed by atoms with E-state index in [0.29, 0.717) is 18.6 Å². The first kappa shape index (κ1) is 12.1. The van der Waals surface area contributed by atoms with Gasteiger partial charge in [0.2, 0.25) is 5.78 Å². The summed E-state index contributed by atoms with van der Waals surface area (Å²) in [4.78, 5) is 10.9. The molecule has 1 atom stereocenters. The van der Waals surface area contributed by atoms with Gasteiger partial charge in [-0.1, -0.05) is 24.3 Å². The van der Waals surface area contributed by atoms with E-state index in [0.717, 1.165) is 5.56 Å². The lowest BCUT2D eigenvalue weighted by molar-refractivity contribution is -0.174. The molecule has 1 aliphatic rings. The second-order valence-corrected chi connectivity index (χ2v) is 3.93. The van der Waals surface area contributed by atoms with Crippen LogP contribution in [0.2, 0.25) is 0 Å². The van der Waals surface area contributed by atoms with Crippen LogP contribution in [0.5, 0.6) is 0 Å². The summed E-state index contributed by atoms with van der Waals surface area (Å²) >= 11 is 0. The summed E-state index contributed by atoms with van der Waals surface area (Å²) in [5.41, 5.74) is 1.65. The Hall–Kier alpha value is -1.36. The molecule has 1 aromatic rings. The van der Waals surface area contributed by atoms with E-state index in [1.165, 1.54) is 0 Å². The summed E-state index contributed by atoms with van der Waals surface area (Å²) in [6.07, 6.45) is -5.52. The lowest BCUT2D eigenvalue weighted by Crippen LogP contribution is -2.27. The molecule has 2 nitrogen and oxygen atoms in total. The van der Waals surface area contributed by atoms with E-state index < -0.39 is 24.5 Å². The molecule has 1 heterocycles. The Kier molecular flexibility index (Phi) is 3.19. The predicted molar refractivity (Wildman–Crippen MR) is 54.5 cm³/mol. The molecular weight excluding hydrogens is 233 g/mol. The number of carbonyl (C=O) groups is 1. The third kappa shape index (κ3) is 2.66. The lowest BCUT2D eigenvalue weighted by Gasteiger charge is -2.25. The van der Waals surface area contributed by atoms with Crippen LogP contribution in [-0.4, -0.2) is 18.6 Å². The fourth-order valence-electron chi connectivity index (χ4n) is 1.93. The maximum Gasteiger partial charge on any atom is 0.450 e. The van der Waals surface area contributed by atoms with Crippen molar-refractivity contribution in [2.24, 2.45) is 0 Å². The number of hydrogen-bond donors (Lipinski definition) is 0. The van der Waals surface area contributed by atoms with Gasteiger partial charge in [-0.2, -0.15) is 13.2 Å². The molecule has 1 aromatic carbocycles. The Labute approximate surface area is 96.4 Å². The Balaban J connectivity index is 2.17. The molecule has 17 heavy (non-hydrogen) atoms. The van der Waals surface area contributed by atoms with Gasteiger partial charge in [-0.25, -0.2) is 0 Å². The molecule has 0 N–H and O–H groups in total. The van der Waals surface area contributed by atoms with Gasteiger partial charge in [-0.3, -0.25) is 4.79 Å². The SMILES string of the molecule is O=C(CC1OCCc2ccccc21)C(F)(F)F.